The molecule has 30 heavy (non-hydrogen) atoms. The van der Waals surface area contributed by atoms with E-state index in [-0.39, 0.29) is 16.0 Å². The number of nitrogens with zero attached hydrogens (tertiary/aromatic N) is 5. The molecule has 0 bridgehead atoms. The van der Waals surface area contributed by atoms with Crippen molar-refractivity contribution in [1.82, 2.24) is 19.4 Å². The first-order chi connectivity index (χ1) is 14.3. The average Bonchev–Trinajstić information content (AvgIpc) is 3.15. The number of carbonyl (C=O) groups excluding carboxylic acids is 1. The summed E-state index contributed by atoms with van der Waals surface area (Å²) in [5.74, 6) is -0.732. The summed E-state index contributed by atoms with van der Waals surface area (Å²) in [6, 6.07) is 11.1. The maximum Gasteiger partial charge on any atom is 0.288 e. The van der Waals surface area contributed by atoms with Crippen molar-refractivity contribution in [3.63, 3.8) is 0 Å². The average molecular weight is 425 g/mol. The Morgan fingerprint density at radius 3 is 2.63 bits per heavy atom. The molecule has 2 heterocycles. The van der Waals surface area contributed by atoms with E-state index >= 15 is 0 Å². The summed E-state index contributed by atoms with van der Waals surface area (Å²) in [7, 11) is 0. The van der Waals surface area contributed by atoms with Gasteiger partial charge in [0.1, 0.15) is 16.7 Å². The number of hydrogen-bond donors (Lipinski definition) is 1. The Labute approximate surface area is 173 Å². The zero-order valence-electron chi connectivity index (χ0n) is 15.4. The summed E-state index contributed by atoms with van der Waals surface area (Å²) >= 11 is 5.76. The standard InChI is InChI=1S/C19H13ClN6O4/c1-11-2-5-13(6-3-11)25-17-14(9-22-25)19(28)24(10-21-17)23-18(27)12-4-7-15(20)16(8-12)26(29)30/h2-10H,1H3,(H,23,27). The van der Waals surface area contributed by atoms with Crippen molar-refractivity contribution in [3.8, 4) is 5.69 Å². The van der Waals surface area contributed by atoms with Gasteiger partial charge in [0.25, 0.3) is 17.2 Å². The fourth-order valence-corrected chi connectivity index (χ4v) is 3.02. The summed E-state index contributed by atoms with van der Waals surface area (Å²) in [6.07, 6.45) is 2.51. The molecule has 10 nitrogen and oxygen atoms in total. The maximum absolute atomic E-state index is 12.7. The van der Waals surface area contributed by atoms with E-state index in [1.807, 2.05) is 31.2 Å². The van der Waals surface area contributed by atoms with E-state index in [9.17, 15) is 19.7 Å². The first kappa shape index (κ1) is 19.3. The monoisotopic (exact) mass is 424 g/mol. The fraction of sp³-hybridized carbons (Fsp3) is 0.0526. The van der Waals surface area contributed by atoms with Crippen LogP contribution in [0.4, 0.5) is 5.69 Å². The zero-order chi connectivity index (χ0) is 21.4. The molecule has 0 unspecified atom stereocenters. The highest BCUT2D eigenvalue weighted by atomic mass is 35.5. The highest BCUT2D eigenvalue weighted by molar-refractivity contribution is 6.32. The third-order valence-electron chi connectivity index (χ3n) is 4.39. The van der Waals surface area contributed by atoms with Crippen LogP contribution in [0.15, 0.2) is 59.8 Å². The Morgan fingerprint density at radius 1 is 1.20 bits per heavy atom. The van der Waals surface area contributed by atoms with Crippen molar-refractivity contribution >= 4 is 34.2 Å². The predicted octanol–water partition coefficient (Wildman–Crippen LogP) is 2.84. The Bertz CT molecular complexity index is 1360. The number of nitrogens with one attached hydrogen (secondary N) is 1. The van der Waals surface area contributed by atoms with Crippen LogP contribution in [0.25, 0.3) is 16.7 Å². The lowest BCUT2D eigenvalue weighted by Crippen LogP contribution is -2.33. The summed E-state index contributed by atoms with van der Waals surface area (Å²) in [6.45, 7) is 1.96. The maximum atomic E-state index is 12.7. The highest BCUT2D eigenvalue weighted by Crippen LogP contribution is 2.25. The number of amides is 1. The molecule has 0 radical (unpaired) electrons. The molecule has 2 aromatic carbocycles. The molecule has 0 fully saturated rings. The van der Waals surface area contributed by atoms with E-state index < -0.39 is 22.1 Å². The molecule has 0 spiro atoms. The van der Waals surface area contributed by atoms with Gasteiger partial charge in [-0.1, -0.05) is 29.3 Å². The Balaban J connectivity index is 1.67. The second-order valence-corrected chi connectivity index (χ2v) is 6.82. The molecule has 150 valence electrons. The number of aromatic nitrogens is 4. The van der Waals surface area contributed by atoms with Gasteiger partial charge in [0.15, 0.2) is 5.65 Å². The number of rotatable bonds is 4. The normalized spacial score (nSPS) is 10.9. The number of carbonyl (C=O) groups is 1. The smallest absolute Gasteiger partial charge is 0.267 e. The van der Waals surface area contributed by atoms with Crippen LogP contribution in [0.2, 0.25) is 5.02 Å². The van der Waals surface area contributed by atoms with Gasteiger partial charge in [0.2, 0.25) is 0 Å². The van der Waals surface area contributed by atoms with Crippen molar-refractivity contribution in [1.29, 1.82) is 0 Å². The van der Waals surface area contributed by atoms with Crippen LogP contribution in [0, 0.1) is 17.0 Å². The molecule has 0 atom stereocenters. The van der Waals surface area contributed by atoms with Gasteiger partial charge in [-0.3, -0.25) is 25.1 Å². The SMILES string of the molecule is Cc1ccc(-n2ncc3c(=O)n(NC(=O)c4ccc(Cl)c([N+](=O)[O-])c4)cnc32)cc1. The Kier molecular flexibility index (Phi) is 4.76. The Hall–Kier alpha value is -4.05. The lowest BCUT2D eigenvalue weighted by atomic mass is 10.2. The van der Waals surface area contributed by atoms with Crippen molar-refractivity contribution in [2.75, 3.05) is 5.43 Å². The van der Waals surface area contributed by atoms with Crippen molar-refractivity contribution in [3.05, 3.63) is 91.6 Å². The molecular weight excluding hydrogens is 412 g/mol. The molecule has 2 aromatic heterocycles. The molecule has 1 N–H and O–H groups in total. The number of hydrogen-bond acceptors (Lipinski definition) is 6. The van der Waals surface area contributed by atoms with Crippen LogP contribution in [-0.2, 0) is 0 Å². The number of benzene rings is 2. The van der Waals surface area contributed by atoms with E-state index in [1.54, 1.807) is 0 Å². The van der Waals surface area contributed by atoms with Gasteiger partial charge < -0.3 is 0 Å². The highest BCUT2D eigenvalue weighted by Gasteiger charge is 2.18. The minimum atomic E-state index is -0.732. The van der Waals surface area contributed by atoms with Gasteiger partial charge in [-0.2, -0.15) is 5.10 Å². The topological polar surface area (TPSA) is 125 Å². The van der Waals surface area contributed by atoms with Crippen molar-refractivity contribution < 1.29 is 9.72 Å². The molecule has 0 saturated carbocycles. The molecule has 4 rings (SSSR count). The van der Waals surface area contributed by atoms with Crippen LogP contribution in [0.3, 0.4) is 0 Å². The minimum Gasteiger partial charge on any atom is -0.267 e. The molecule has 0 saturated heterocycles. The summed E-state index contributed by atoms with van der Waals surface area (Å²) in [5, 5.41) is 15.3. The van der Waals surface area contributed by atoms with Gasteiger partial charge in [-0.15, -0.1) is 0 Å². The lowest BCUT2D eigenvalue weighted by Gasteiger charge is -2.08. The second kappa shape index (κ2) is 7.41. The predicted molar refractivity (Wildman–Crippen MR) is 110 cm³/mol. The lowest BCUT2D eigenvalue weighted by molar-refractivity contribution is -0.384. The van der Waals surface area contributed by atoms with Crippen molar-refractivity contribution in [2.45, 2.75) is 6.92 Å². The van der Waals surface area contributed by atoms with Gasteiger partial charge in [0, 0.05) is 11.6 Å². The van der Waals surface area contributed by atoms with Crippen molar-refractivity contribution in [2.24, 2.45) is 0 Å². The third-order valence-corrected chi connectivity index (χ3v) is 4.71. The van der Waals surface area contributed by atoms with Gasteiger partial charge in [-0.25, -0.2) is 14.3 Å². The molecule has 0 aliphatic carbocycles. The quantitative estimate of drug-likeness (QED) is 0.396. The molecule has 0 aliphatic rings. The van der Waals surface area contributed by atoms with Crippen LogP contribution >= 0.6 is 11.6 Å². The summed E-state index contributed by atoms with van der Waals surface area (Å²) in [4.78, 5) is 39.7. The molecule has 4 aromatic rings. The van der Waals surface area contributed by atoms with Crippen LogP contribution in [0.5, 0.6) is 0 Å². The molecular formula is C19H13ClN6O4. The number of nitro groups is 1. The van der Waals surface area contributed by atoms with Crippen LogP contribution < -0.4 is 11.0 Å². The molecule has 11 heteroatoms. The minimum absolute atomic E-state index is 0.0338. The van der Waals surface area contributed by atoms with E-state index in [2.05, 4.69) is 15.5 Å². The number of nitro benzene ring substituents is 1. The van der Waals surface area contributed by atoms with E-state index in [0.717, 1.165) is 28.3 Å². The van der Waals surface area contributed by atoms with E-state index in [0.29, 0.717) is 5.65 Å². The molecule has 1 amide bonds. The van der Waals surface area contributed by atoms with E-state index in [4.69, 9.17) is 11.6 Å². The van der Waals surface area contributed by atoms with Gasteiger partial charge in [-0.05, 0) is 31.2 Å². The van der Waals surface area contributed by atoms with Crippen LogP contribution in [0.1, 0.15) is 15.9 Å². The van der Waals surface area contributed by atoms with Gasteiger partial charge in [0.05, 0.1) is 16.8 Å². The third kappa shape index (κ3) is 3.40. The largest absolute Gasteiger partial charge is 0.288 e. The fourth-order valence-electron chi connectivity index (χ4n) is 2.83. The number of fused-ring (bicyclic) bond motifs is 1. The summed E-state index contributed by atoms with van der Waals surface area (Å²) < 4.78 is 2.41. The van der Waals surface area contributed by atoms with Crippen LogP contribution in [-0.4, -0.2) is 30.3 Å². The zero-order valence-corrected chi connectivity index (χ0v) is 16.2. The first-order valence-corrected chi connectivity index (χ1v) is 9.00. The first-order valence-electron chi connectivity index (χ1n) is 8.63. The number of aryl methyl sites for hydroxylation is 1. The van der Waals surface area contributed by atoms with E-state index in [1.165, 1.54) is 23.0 Å². The Morgan fingerprint density at radius 2 is 1.93 bits per heavy atom. The summed E-state index contributed by atoms with van der Waals surface area (Å²) in [5.41, 5.74) is 3.51. The van der Waals surface area contributed by atoms with Gasteiger partial charge >= 0.3 is 0 Å². The number of halogens is 1. The molecule has 0 aliphatic heterocycles. The second-order valence-electron chi connectivity index (χ2n) is 6.41.